The molecule has 2 heterocycles. The Morgan fingerprint density at radius 2 is 1.93 bits per heavy atom. The summed E-state index contributed by atoms with van der Waals surface area (Å²) >= 11 is 12.1. The van der Waals surface area contributed by atoms with Gasteiger partial charge in [0.15, 0.2) is 0 Å². The number of likely N-dealkylation sites (N-methyl/N-ethyl adjacent to an activating group) is 1. The molecule has 0 unspecified atom stereocenters. The van der Waals surface area contributed by atoms with E-state index in [0.29, 0.717) is 25.9 Å². The number of sulfonamides is 1. The van der Waals surface area contributed by atoms with Gasteiger partial charge in [-0.15, -0.1) is 0 Å². The summed E-state index contributed by atoms with van der Waals surface area (Å²) in [5.41, 5.74) is -0.491. The van der Waals surface area contributed by atoms with Gasteiger partial charge < -0.3 is 4.90 Å². The van der Waals surface area contributed by atoms with Gasteiger partial charge >= 0.3 is 0 Å². The van der Waals surface area contributed by atoms with Crippen LogP contribution in [0.1, 0.15) is 33.1 Å². The van der Waals surface area contributed by atoms with Crippen LogP contribution < -0.4 is 5.32 Å². The third-order valence-corrected chi connectivity index (χ3v) is 8.83. The van der Waals surface area contributed by atoms with Crippen LogP contribution in [-0.2, 0) is 14.8 Å². The number of nitrogens with one attached hydrogen (secondary N) is 1. The van der Waals surface area contributed by atoms with Crippen LogP contribution in [-0.4, -0.2) is 55.4 Å². The Morgan fingerprint density at radius 1 is 1.30 bits per heavy atom. The molecule has 1 spiro atoms. The van der Waals surface area contributed by atoms with Crippen molar-refractivity contribution in [3.05, 3.63) is 28.2 Å². The molecule has 2 fully saturated rings. The van der Waals surface area contributed by atoms with E-state index in [2.05, 4.69) is 19.2 Å². The van der Waals surface area contributed by atoms with Crippen molar-refractivity contribution >= 4 is 39.1 Å². The van der Waals surface area contributed by atoms with Gasteiger partial charge in [-0.25, -0.2) is 8.42 Å². The fourth-order valence-corrected chi connectivity index (χ4v) is 6.06. The monoisotopic (exact) mass is 433 g/mol. The topological polar surface area (TPSA) is 69.7 Å². The Balaban J connectivity index is 1.79. The van der Waals surface area contributed by atoms with Crippen LogP contribution >= 0.6 is 23.2 Å². The number of halogens is 2. The molecule has 0 aromatic heterocycles. The van der Waals surface area contributed by atoms with Crippen molar-refractivity contribution in [2.75, 3.05) is 20.1 Å². The molecule has 1 aromatic carbocycles. The Morgan fingerprint density at radius 3 is 2.52 bits per heavy atom. The fraction of sp³-hybridized carbons (Fsp3) is 0.611. The second-order valence-corrected chi connectivity index (χ2v) is 10.1. The summed E-state index contributed by atoms with van der Waals surface area (Å²) < 4.78 is 27.4. The van der Waals surface area contributed by atoms with Crippen molar-refractivity contribution in [2.24, 2.45) is 5.92 Å². The van der Waals surface area contributed by atoms with Crippen LogP contribution in [0.15, 0.2) is 23.1 Å². The quantitative estimate of drug-likeness (QED) is 0.791. The van der Waals surface area contributed by atoms with E-state index in [1.54, 1.807) is 24.1 Å². The predicted molar refractivity (Wildman–Crippen MR) is 106 cm³/mol. The second kappa shape index (κ2) is 7.52. The molecule has 150 valence electrons. The van der Waals surface area contributed by atoms with Crippen molar-refractivity contribution in [3.63, 3.8) is 0 Å². The number of hydrogen-bond donors (Lipinski definition) is 1. The van der Waals surface area contributed by atoms with Gasteiger partial charge in [-0.2, -0.15) is 4.31 Å². The summed E-state index contributed by atoms with van der Waals surface area (Å²) in [5.74, 6) is 0.310. The normalized spacial score (nSPS) is 24.6. The van der Waals surface area contributed by atoms with Crippen LogP contribution in [0.2, 0.25) is 10.0 Å². The number of amides is 1. The molecule has 0 aliphatic carbocycles. The first-order valence-electron chi connectivity index (χ1n) is 9.13. The van der Waals surface area contributed by atoms with E-state index in [-0.39, 0.29) is 32.8 Å². The highest BCUT2D eigenvalue weighted by atomic mass is 35.5. The first-order chi connectivity index (χ1) is 12.6. The summed E-state index contributed by atoms with van der Waals surface area (Å²) in [4.78, 5) is 14.4. The molecule has 2 aliphatic heterocycles. The minimum absolute atomic E-state index is 0.0221. The van der Waals surface area contributed by atoms with Crippen LogP contribution in [0.25, 0.3) is 0 Å². The average Bonchev–Trinajstić information content (AvgIpc) is 2.89. The van der Waals surface area contributed by atoms with Gasteiger partial charge in [0.1, 0.15) is 4.90 Å². The molecule has 6 nitrogen and oxygen atoms in total. The highest BCUT2D eigenvalue weighted by Gasteiger charge is 2.51. The van der Waals surface area contributed by atoms with Crippen molar-refractivity contribution in [2.45, 2.75) is 49.7 Å². The maximum absolute atomic E-state index is 13.0. The molecule has 2 aliphatic rings. The first-order valence-corrected chi connectivity index (χ1v) is 11.3. The maximum Gasteiger partial charge on any atom is 0.244 e. The van der Waals surface area contributed by atoms with Crippen molar-refractivity contribution in [1.29, 1.82) is 0 Å². The van der Waals surface area contributed by atoms with Crippen molar-refractivity contribution in [1.82, 2.24) is 14.5 Å². The van der Waals surface area contributed by atoms with E-state index in [9.17, 15) is 13.2 Å². The fourth-order valence-electron chi connectivity index (χ4n) is 3.89. The molecule has 27 heavy (non-hydrogen) atoms. The largest absolute Gasteiger partial charge is 0.326 e. The van der Waals surface area contributed by atoms with Crippen molar-refractivity contribution in [3.8, 4) is 0 Å². The minimum Gasteiger partial charge on any atom is -0.326 e. The van der Waals surface area contributed by atoms with Crippen LogP contribution in [0.4, 0.5) is 0 Å². The molecule has 9 heteroatoms. The Bertz CT molecular complexity index is 838. The Hall–Kier alpha value is -0.860. The number of nitrogens with zero attached hydrogens (tertiary/aromatic N) is 2. The van der Waals surface area contributed by atoms with E-state index in [1.807, 2.05) is 0 Å². The molecule has 0 radical (unpaired) electrons. The highest BCUT2D eigenvalue weighted by Crippen LogP contribution is 2.37. The second-order valence-electron chi connectivity index (χ2n) is 7.39. The number of carbonyl (C=O) groups excluding carboxylic acids is 1. The molecule has 0 saturated carbocycles. The number of rotatable bonds is 4. The molecule has 3 rings (SSSR count). The number of piperidine rings is 1. The maximum atomic E-state index is 13.0. The molecule has 1 aromatic rings. The van der Waals surface area contributed by atoms with Crippen LogP contribution in [0.3, 0.4) is 0 Å². The summed E-state index contributed by atoms with van der Waals surface area (Å²) in [6, 6.07) is 4.39. The van der Waals surface area contributed by atoms with E-state index < -0.39 is 15.7 Å². The number of hydrogen-bond acceptors (Lipinski definition) is 4. The summed E-state index contributed by atoms with van der Waals surface area (Å²) in [7, 11) is -1.94. The molecule has 1 amide bonds. The lowest BCUT2D eigenvalue weighted by Crippen LogP contribution is -2.58. The van der Waals surface area contributed by atoms with E-state index >= 15 is 0 Å². The standard InChI is InChI=1S/C18H25Cl2N3O3S/c1-4-12(2)16-17(24)22(3)18(21-16)8-10-23(11-9-18)27(25,26)14-7-5-6-13(19)15(14)20/h5-7,12,16,21H,4,8-11H2,1-3H3/t12-,16-/m1/s1. The summed E-state index contributed by atoms with van der Waals surface area (Å²) in [6.07, 6.45) is 1.96. The smallest absolute Gasteiger partial charge is 0.244 e. The lowest BCUT2D eigenvalue weighted by Gasteiger charge is -2.42. The van der Waals surface area contributed by atoms with Crippen molar-refractivity contribution < 1.29 is 13.2 Å². The molecule has 1 N–H and O–H groups in total. The molecular formula is C18H25Cl2N3O3S. The Kier molecular flexibility index (Phi) is 5.81. The number of benzene rings is 1. The van der Waals surface area contributed by atoms with Gasteiger partial charge in [-0.05, 0) is 30.9 Å². The third-order valence-electron chi connectivity index (χ3n) is 5.96. The van der Waals surface area contributed by atoms with Gasteiger partial charge in [-0.3, -0.25) is 10.1 Å². The lowest BCUT2D eigenvalue weighted by atomic mass is 9.96. The van der Waals surface area contributed by atoms with E-state index in [4.69, 9.17) is 23.2 Å². The van der Waals surface area contributed by atoms with Crippen LogP contribution in [0, 0.1) is 5.92 Å². The Labute approximate surface area is 170 Å². The molecule has 2 atom stereocenters. The average molecular weight is 434 g/mol. The molecule has 0 bridgehead atoms. The van der Waals surface area contributed by atoms with Gasteiger partial charge in [0.05, 0.1) is 21.7 Å². The summed E-state index contributed by atoms with van der Waals surface area (Å²) in [6.45, 7) is 4.74. The SMILES string of the molecule is CC[C@@H](C)[C@H]1NC2(CCN(S(=O)(=O)c3cccc(Cl)c3Cl)CC2)N(C)C1=O. The van der Waals surface area contributed by atoms with Crippen LogP contribution in [0.5, 0.6) is 0 Å². The molecular weight excluding hydrogens is 409 g/mol. The zero-order valence-corrected chi connectivity index (χ0v) is 18.0. The predicted octanol–water partition coefficient (Wildman–Crippen LogP) is 2.95. The number of carbonyl (C=O) groups is 1. The van der Waals surface area contributed by atoms with Gasteiger partial charge in [0.25, 0.3) is 0 Å². The summed E-state index contributed by atoms with van der Waals surface area (Å²) in [5, 5.41) is 3.75. The molecule has 2 saturated heterocycles. The zero-order chi connectivity index (χ0) is 20.0. The van der Waals surface area contributed by atoms with Gasteiger partial charge in [0.2, 0.25) is 15.9 Å². The minimum atomic E-state index is -3.74. The first kappa shape index (κ1) is 20.9. The van der Waals surface area contributed by atoms with Gasteiger partial charge in [-0.1, -0.05) is 49.5 Å². The lowest BCUT2D eigenvalue weighted by molar-refractivity contribution is -0.132. The zero-order valence-electron chi connectivity index (χ0n) is 15.7. The van der Waals surface area contributed by atoms with E-state index in [0.717, 1.165) is 6.42 Å². The highest BCUT2D eigenvalue weighted by molar-refractivity contribution is 7.89. The van der Waals surface area contributed by atoms with Gasteiger partial charge in [0, 0.05) is 20.1 Å². The van der Waals surface area contributed by atoms with E-state index in [1.165, 1.54) is 10.4 Å². The third kappa shape index (κ3) is 3.49.